The number of hydrogen-bond acceptors (Lipinski definition) is 3. The van der Waals surface area contributed by atoms with Crippen LogP contribution >= 0.6 is 0 Å². The molecule has 0 radical (unpaired) electrons. The molecule has 2 heterocycles. The van der Waals surface area contributed by atoms with Gasteiger partial charge in [-0.15, -0.1) is 0 Å². The summed E-state index contributed by atoms with van der Waals surface area (Å²) in [6, 6.07) is 1.82. The van der Waals surface area contributed by atoms with Crippen LogP contribution in [0.5, 0.6) is 0 Å². The summed E-state index contributed by atoms with van der Waals surface area (Å²) in [7, 11) is 0. The number of H-pyrrole nitrogens is 1. The van der Waals surface area contributed by atoms with Gasteiger partial charge in [0.1, 0.15) is 0 Å². The molecular weight excluding hydrogens is 240 g/mol. The molecule has 1 aliphatic rings. The summed E-state index contributed by atoms with van der Waals surface area (Å²) < 4.78 is 0. The van der Waals surface area contributed by atoms with Crippen molar-refractivity contribution in [2.75, 3.05) is 11.9 Å². The van der Waals surface area contributed by atoms with E-state index in [9.17, 15) is 4.79 Å². The normalized spacial score (nSPS) is 23.6. The Bertz CT molecular complexity index is 427. The van der Waals surface area contributed by atoms with Crippen LogP contribution in [0.4, 0.5) is 5.82 Å². The number of aromatic amines is 1. The third kappa shape index (κ3) is 3.56. The summed E-state index contributed by atoms with van der Waals surface area (Å²) in [6.45, 7) is 7.29. The molecule has 1 fully saturated rings. The number of piperidine rings is 1. The van der Waals surface area contributed by atoms with E-state index in [0.717, 1.165) is 25.1 Å². The number of nitrogens with one attached hydrogen (secondary N) is 3. The van der Waals surface area contributed by atoms with Crippen LogP contribution in [0.3, 0.4) is 0 Å². The van der Waals surface area contributed by atoms with Crippen molar-refractivity contribution in [2.24, 2.45) is 5.92 Å². The summed E-state index contributed by atoms with van der Waals surface area (Å²) in [4.78, 5) is 12.2. The summed E-state index contributed by atoms with van der Waals surface area (Å²) >= 11 is 0. The standard InChI is InChI=1S/C14H24N4O/c1-4-10-5-6-15-12(7-10)14(19)16-13-8-11(9(2)3)17-18-13/h8-10,12,15H,4-7H2,1-3H3,(H2,16,17,18,19). The Labute approximate surface area is 114 Å². The van der Waals surface area contributed by atoms with Crippen LogP contribution in [0.15, 0.2) is 6.07 Å². The third-order valence-corrected chi connectivity index (χ3v) is 3.88. The number of hydrogen-bond donors (Lipinski definition) is 3. The second-order valence-corrected chi connectivity index (χ2v) is 5.66. The molecule has 1 aliphatic heterocycles. The van der Waals surface area contributed by atoms with Crippen LogP contribution in [0.1, 0.15) is 51.6 Å². The molecule has 1 saturated heterocycles. The van der Waals surface area contributed by atoms with Gasteiger partial charge in [-0.05, 0) is 31.2 Å². The number of anilines is 1. The lowest BCUT2D eigenvalue weighted by Crippen LogP contribution is -2.46. The van der Waals surface area contributed by atoms with Crippen LogP contribution < -0.4 is 10.6 Å². The number of rotatable bonds is 4. The minimum absolute atomic E-state index is 0.0277. The van der Waals surface area contributed by atoms with Gasteiger partial charge in [-0.1, -0.05) is 27.2 Å². The van der Waals surface area contributed by atoms with Crippen LogP contribution in [-0.4, -0.2) is 28.7 Å². The van der Waals surface area contributed by atoms with Crippen molar-refractivity contribution >= 4 is 11.7 Å². The summed E-state index contributed by atoms with van der Waals surface area (Å²) in [5.74, 6) is 1.69. The Morgan fingerprint density at radius 1 is 1.58 bits per heavy atom. The maximum absolute atomic E-state index is 12.2. The van der Waals surface area contributed by atoms with Gasteiger partial charge in [0.25, 0.3) is 0 Å². The number of carbonyl (C=O) groups excluding carboxylic acids is 1. The average molecular weight is 264 g/mol. The lowest BCUT2D eigenvalue weighted by atomic mass is 9.90. The molecule has 0 bridgehead atoms. The van der Waals surface area contributed by atoms with Gasteiger partial charge in [0.15, 0.2) is 5.82 Å². The second-order valence-electron chi connectivity index (χ2n) is 5.66. The average Bonchev–Trinajstić information content (AvgIpc) is 2.87. The molecule has 106 valence electrons. The van der Waals surface area contributed by atoms with E-state index in [1.807, 2.05) is 6.07 Å². The number of nitrogens with zero attached hydrogens (tertiary/aromatic N) is 1. The molecule has 1 amide bonds. The molecule has 5 nitrogen and oxygen atoms in total. The number of carbonyl (C=O) groups is 1. The predicted octanol–water partition coefficient (Wildman–Crippen LogP) is 2.25. The van der Waals surface area contributed by atoms with Crippen LogP contribution in [0.25, 0.3) is 0 Å². The van der Waals surface area contributed by atoms with E-state index < -0.39 is 0 Å². The van der Waals surface area contributed by atoms with Gasteiger partial charge in [0.2, 0.25) is 5.91 Å². The first-order valence-electron chi connectivity index (χ1n) is 7.19. The van der Waals surface area contributed by atoms with Gasteiger partial charge in [0.05, 0.1) is 6.04 Å². The molecular formula is C14H24N4O. The highest BCUT2D eigenvalue weighted by Gasteiger charge is 2.26. The van der Waals surface area contributed by atoms with Crippen molar-refractivity contribution < 1.29 is 4.79 Å². The van der Waals surface area contributed by atoms with Gasteiger partial charge >= 0.3 is 0 Å². The lowest BCUT2D eigenvalue weighted by molar-refractivity contribution is -0.119. The SMILES string of the molecule is CCC1CCNC(C(=O)Nc2cc(C(C)C)[nH]n2)C1. The predicted molar refractivity (Wildman–Crippen MR) is 76.1 cm³/mol. The zero-order valence-corrected chi connectivity index (χ0v) is 12.0. The van der Waals surface area contributed by atoms with Gasteiger partial charge < -0.3 is 10.6 Å². The van der Waals surface area contributed by atoms with Crippen LogP contribution in [0.2, 0.25) is 0 Å². The Hall–Kier alpha value is -1.36. The lowest BCUT2D eigenvalue weighted by Gasteiger charge is -2.28. The van der Waals surface area contributed by atoms with E-state index in [4.69, 9.17) is 0 Å². The summed E-state index contributed by atoms with van der Waals surface area (Å²) in [5, 5.41) is 13.2. The number of aromatic nitrogens is 2. The fourth-order valence-corrected chi connectivity index (χ4v) is 2.48. The molecule has 2 atom stereocenters. The molecule has 3 N–H and O–H groups in total. The molecule has 0 spiro atoms. The molecule has 2 unspecified atom stereocenters. The molecule has 0 aliphatic carbocycles. The quantitative estimate of drug-likeness (QED) is 0.781. The summed E-state index contributed by atoms with van der Waals surface area (Å²) in [6.07, 6.45) is 3.23. The minimum atomic E-state index is -0.0853. The molecule has 1 aromatic heterocycles. The maximum Gasteiger partial charge on any atom is 0.242 e. The maximum atomic E-state index is 12.2. The fraction of sp³-hybridized carbons (Fsp3) is 0.714. The van der Waals surface area contributed by atoms with E-state index in [-0.39, 0.29) is 11.9 Å². The van der Waals surface area contributed by atoms with Crippen LogP contribution in [0, 0.1) is 5.92 Å². The topological polar surface area (TPSA) is 69.8 Å². The van der Waals surface area contributed by atoms with Crippen molar-refractivity contribution in [2.45, 2.75) is 52.0 Å². The molecule has 2 rings (SSSR count). The van der Waals surface area contributed by atoms with E-state index >= 15 is 0 Å². The molecule has 19 heavy (non-hydrogen) atoms. The Morgan fingerprint density at radius 2 is 2.37 bits per heavy atom. The molecule has 5 heteroatoms. The fourth-order valence-electron chi connectivity index (χ4n) is 2.48. The van der Waals surface area contributed by atoms with Gasteiger partial charge in [-0.25, -0.2) is 0 Å². The first-order chi connectivity index (χ1) is 9.10. The smallest absolute Gasteiger partial charge is 0.242 e. The van der Waals surface area contributed by atoms with Gasteiger partial charge in [-0.2, -0.15) is 5.10 Å². The van der Waals surface area contributed by atoms with Crippen molar-refractivity contribution in [3.8, 4) is 0 Å². The first-order valence-corrected chi connectivity index (χ1v) is 7.19. The van der Waals surface area contributed by atoms with E-state index in [2.05, 4.69) is 41.6 Å². The highest BCUT2D eigenvalue weighted by molar-refractivity contribution is 5.94. The van der Waals surface area contributed by atoms with Crippen molar-refractivity contribution in [1.82, 2.24) is 15.5 Å². The molecule has 0 aromatic carbocycles. The molecule has 1 aromatic rings. The second kappa shape index (κ2) is 6.19. The molecule has 0 saturated carbocycles. The highest BCUT2D eigenvalue weighted by atomic mass is 16.2. The minimum Gasteiger partial charge on any atom is -0.308 e. The largest absolute Gasteiger partial charge is 0.308 e. The zero-order valence-electron chi connectivity index (χ0n) is 12.0. The van der Waals surface area contributed by atoms with E-state index in [0.29, 0.717) is 17.7 Å². The van der Waals surface area contributed by atoms with Crippen molar-refractivity contribution in [3.05, 3.63) is 11.8 Å². The monoisotopic (exact) mass is 264 g/mol. The van der Waals surface area contributed by atoms with Gasteiger partial charge in [-0.3, -0.25) is 9.89 Å². The van der Waals surface area contributed by atoms with Gasteiger partial charge in [0, 0.05) is 11.8 Å². The zero-order chi connectivity index (χ0) is 13.8. The third-order valence-electron chi connectivity index (χ3n) is 3.88. The Balaban J connectivity index is 1.92. The van der Waals surface area contributed by atoms with E-state index in [1.165, 1.54) is 6.42 Å². The van der Waals surface area contributed by atoms with Crippen molar-refractivity contribution in [1.29, 1.82) is 0 Å². The first kappa shape index (κ1) is 14.1. The van der Waals surface area contributed by atoms with Crippen LogP contribution in [-0.2, 0) is 4.79 Å². The Kier molecular flexibility index (Phi) is 4.58. The highest BCUT2D eigenvalue weighted by Crippen LogP contribution is 2.20. The summed E-state index contributed by atoms with van der Waals surface area (Å²) in [5.41, 5.74) is 1.04. The number of amides is 1. The van der Waals surface area contributed by atoms with Crippen molar-refractivity contribution in [3.63, 3.8) is 0 Å². The van der Waals surface area contributed by atoms with E-state index in [1.54, 1.807) is 0 Å². The Morgan fingerprint density at radius 3 is 3.00 bits per heavy atom.